The van der Waals surface area contributed by atoms with Gasteiger partial charge in [-0.25, -0.2) is 4.98 Å². The van der Waals surface area contributed by atoms with Crippen LogP contribution in [0.4, 0.5) is 5.82 Å². The van der Waals surface area contributed by atoms with Crippen LogP contribution in [0.2, 0.25) is 0 Å². The lowest BCUT2D eigenvalue weighted by atomic mass is 10.1. The van der Waals surface area contributed by atoms with Crippen LogP contribution in [0.15, 0.2) is 49.1 Å². The molecule has 0 unspecified atom stereocenters. The third-order valence-electron chi connectivity index (χ3n) is 2.79. The van der Waals surface area contributed by atoms with Crippen LogP contribution in [-0.2, 0) is 4.79 Å². The van der Waals surface area contributed by atoms with Crippen LogP contribution < -0.4 is 5.32 Å². The first kappa shape index (κ1) is 11.3. The van der Waals surface area contributed by atoms with Crippen molar-refractivity contribution < 1.29 is 4.79 Å². The van der Waals surface area contributed by atoms with Crippen molar-refractivity contribution in [2.45, 2.75) is 0 Å². The van der Waals surface area contributed by atoms with E-state index >= 15 is 0 Å². The Balaban J connectivity index is 2.11. The molecule has 0 radical (unpaired) electrons. The molecule has 0 aliphatic carbocycles. The number of benzene rings is 1. The molecular weight excluding hydrogens is 240 g/mol. The lowest BCUT2D eigenvalue weighted by Gasteiger charge is -2.04. The van der Waals surface area contributed by atoms with Gasteiger partial charge in [0.05, 0.1) is 11.9 Å². The molecule has 0 spiro atoms. The summed E-state index contributed by atoms with van der Waals surface area (Å²) in [6.07, 6.45) is 7.35. The van der Waals surface area contributed by atoms with Gasteiger partial charge in [-0.1, -0.05) is 12.1 Å². The highest BCUT2D eigenvalue weighted by atomic mass is 16.1. The number of carbonyl (C=O) groups excluding carboxylic acids is 1. The summed E-state index contributed by atoms with van der Waals surface area (Å²) in [7, 11) is 0. The van der Waals surface area contributed by atoms with Crippen molar-refractivity contribution >= 4 is 23.0 Å². The minimum absolute atomic E-state index is 0.527. The van der Waals surface area contributed by atoms with Gasteiger partial charge < -0.3 is 5.32 Å². The Bertz CT molecular complexity index is 728. The van der Waals surface area contributed by atoms with E-state index in [2.05, 4.69) is 20.3 Å². The smallest absolute Gasteiger partial charge is 0.212 e. The van der Waals surface area contributed by atoms with Gasteiger partial charge in [0, 0.05) is 29.5 Å². The van der Waals surface area contributed by atoms with E-state index in [4.69, 9.17) is 0 Å². The Kier molecular flexibility index (Phi) is 2.86. The summed E-state index contributed by atoms with van der Waals surface area (Å²) in [4.78, 5) is 22.9. The van der Waals surface area contributed by atoms with Crippen LogP contribution in [-0.4, -0.2) is 21.4 Å². The molecule has 0 aliphatic heterocycles. The fraction of sp³-hybridized carbons (Fsp3) is 0. The number of anilines is 1. The van der Waals surface area contributed by atoms with E-state index in [1.165, 1.54) is 0 Å². The number of nitrogens with one attached hydrogen (secondary N) is 1. The van der Waals surface area contributed by atoms with Gasteiger partial charge in [-0.05, 0) is 17.5 Å². The molecule has 2 aromatic heterocycles. The van der Waals surface area contributed by atoms with Gasteiger partial charge in [0.2, 0.25) is 6.41 Å². The number of aromatic nitrogens is 3. The first-order valence-electron chi connectivity index (χ1n) is 5.73. The number of hydrogen-bond donors (Lipinski definition) is 1. The van der Waals surface area contributed by atoms with Gasteiger partial charge in [0.1, 0.15) is 5.82 Å². The van der Waals surface area contributed by atoms with Crippen molar-refractivity contribution in [3.63, 3.8) is 0 Å². The number of pyridine rings is 1. The molecular formula is C14H10N4O. The van der Waals surface area contributed by atoms with Crippen molar-refractivity contribution in [3.8, 4) is 11.3 Å². The molecule has 1 amide bonds. The van der Waals surface area contributed by atoms with E-state index in [0.29, 0.717) is 12.2 Å². The molecule has 1 aromatic carbocycles. The predicted molar refractivity (Wildman–Crippen MR) is 72.5 cm³/mol. The van der Waals surface area contributed by atoms with Crippen LogP contribution in [0.25, 0.3) is 22.0 Å². The summed E-state index contributed by atoms with van der Waals surface area (Å²) in [5.74, 6) is 0.527. The molecule has 2 heterocycles. The normalized spacial score (nSPS) is 10.3. The summed E-state index contributed by atoms with van der Waals surface area (Å²) in [6, 6.07) is 7.76. The second-order valence-corrected chi connectivity index (χ2v) is 3.98. The van der Waals surface area contributed by atoms with Crippen LogP contribution in [0, 0.1) is 0 Å². The van der Waals surface area contributed by atoms with E-state index in [1.807, 2.05) is 24.3 Å². The Morgan fingerprint density at radius 3 is 2.74 bits per heavy atom. The number of nitrogens with zero attached hydrogens (tertiary/aromatic N) is 3. The van der Waals surface area contributed by atoms with Crippen LogP contribution in [0.5, 0.6) is 0 Å². The molecule has 1 N–H and O–H groups in total. The van der Waals surface area contributed by atoms with Gasteiger partial charge in [-0.3, -0.25) is 14.8 Å². The van der Waals surface area contributed by atoms with E-state index in [1.54, 1.807) is 24.8 Å². The quantitative estimate of drug-likeness (QED) is 0.724. The van der Waals surface area contributed by atoms with Crippen LogP contribution in [0.3, 0.4) is 0 Å². The molecule has 0 atom stereocenters. The average Bonchev–Trinajstić information content (AvgIpc) is 2.48. The number of carbonyl (C=O) groups is 1. The maximum atomic E-state index is 10.4. The Morgan fingerprint density at radius 2 is 1.95 bits per heavy atom. The fourth-order valence-corrected chi connectivity index (χ4v) is 1.89. The maximum absolute atomic E-state index is 10.4. The second-order valence-electron chi connectivity index (χ2n) is 3.98. The molecule has 0 aliphatic rings. The topological polar surface area (TPSA) is 67.8 Å². The van der Waals surface area contributed by atoms with Crippen molar-refractivity contribution in [1.29, 1.82) is 0 Å². The Hall–Kier alpha value is -2.82. The van der Waals surface area contributed by atoms with E-state index in [9.17, 15) is 4.79 Å². The number of hydrogen-bond acceptors (Lipinski definition) is 4. The summed E-state index contributed by atoms with van der Waals surface area (Å²) < 4.78 is 0. The molecule has 0 saturated heterocycles. The molecule has 3 rings (SSSR count). The van der Waals surface area contributed by atoms with E-state index < -0.39 is 0 Å². The number of amides is 1. The van der Waals surface area contributed by atoms with E-state index in [-0.39, 0.29) is 0 Å². The molecule has 0 bridgehead atoms. The highest BCUT2D eigenvalue weighted by molar-refractivity contribution is 5.89. The number of rotatable bonds is 3. The summed E-state index contributed by atoms with van der Waals surface area (Å²) >= 11 is 0. The third kappa shape index (κ3) is 2.26. The largest absolute Gasteiger partial charge is 0.313 e. The van der Waals surface area contributed by atoms with Crippen molar-refractivity contribution in [3.05, 3.63) is 49.1 Å². The van der Waals surface area contributed by atoms with E-state index in [0.717, 1.165) is 22.0 Å². The zero-order chi connectivity index (χ0) is 13.1. The Morgan fingerprint density at radius 1 is 1.00 bits per heavy atom. The molecule has 5 heteroatoms. The third-order valence-corrected chi connectivity index (χ3v) is 2.79. The molecule has 3 aromatic rings. The van der Waals surface area contributed by atoms with Crippen molar-refractivity contribution in [1.82, 2.24) is 15.0 Å². The molecule has 0 saturated carbocycles. The fourth-order valence-electron chi connectivity index (χ4n) is 1.89. The van der Waals surface area contributed by atoms with Crippen molar-refractivity contribution in [2.75, 3.05) is 5.32 Å². The molecule has 92 valence electrons. The van der Waals surface area contributed by atoms with Gasteiger partial charge in [-0.2, -0.15) is 0 Å². The summed E-state index contributed by atoms with van der Waals surface area (Å²) in [5.41, 5.74) is 1.79. The molecule has 0 fully saturated rings. The van der Waals surface area contributed by atoms with Crippen LogP contribution >= 0.6 is 0 Å². The number of fused-ring (bicyclic) bond motifs is 1. The lowest BCUT2D eigenvalue weighted by molar-refractivity contribution is -0.105. The van der Waals surface area contributed by atoms with Gasteiger partial charge in [0.25, 0.3) is 0 Å². The standard InChI is InChI=1S/C14H10N4O/c19-9-18-14-6-12-5-10(1-2-11(12)7-17-14)13-8-15-3-4-16-13/h1-9H,(H,17,18,19). The summed E-state index contributed by atoms with van der Waals surface area (Å²) in [5, 5.41) is 4.53. The molecule has 5 nitrogen and oxygen atoms in total. The first-order chi connectivity index (χ1) is 9.36. The average molecular weight is 250 g/mol. The summed E-state index contributed by atoms with van der Waals surface area (Å²) in [6.45, 7) is 0. The van der Waals surface area contributed by atoms with Gasteiger partial charge in [0.15, 0.2) is 0 Å². The highest BCUT2D eigenvalue weighted by Gasteiger charge is 2.02. The minimum Gasteiger partial charge on any atom is -0.313 e. The first-order valence-corrected chi connectivity index (χ1v) is 5.73. The molecule has 19 heavy (non-hydrogen) atoms. The zero-order valence-corrected chi connectivity index (χ0v) is 9.95. The monoisotopic (exact) mass is 250 g/mol. The maximum Gasteiger partial charge on any atom is 0.212 e. The lowest BCUT2D eigenvalue weighted by Crippen LogP contribution is -1.96. The van der Waals surface area contributed by atoms with Gasteiger partial charge >= 0.3 is 0 Å². The van der Waals surface area contributed by atoms with Crippen molar-refractivity contribution in [2.24, 2.45) is 0 Å². The predicted octanol–water partition coefficient (Wildman–Crippen LogP) is 2.26. The van der Waals surface area contributed by atoms with Crippen LogP contribution in [0.1, 0.15) is 0 Å². The highest BCUT2D eigenvalue weighted by Crippen LogP contribution is 2.23. The minimum atomic E-state index is 0.527. The SMILES string of the molecule is O=CNc1cc2cc(-c3cnccn3)ccc2cn1. The second kappa shape index (κ2) is 4.81. The Labute approximate surface area is 109 Å². The zero-order valence-electron chi connectivity index (χ0n) is 9.95. The van der Waals surface area contributed by atoms with Gasteiger partial charge in [-0.15, -0.1) is 0 Å².